The summed E-state index contributed by atoms with van der Waals surface area (Å²) in [5, 5.41) is 7.03. The highest BCUT2D eigenvalue weighted by atomic mass is 35.5. The summed E-state index contributed by atoms with van der Waals surface area (Å²) in [6.45, 7) is 1.76. The van der Waals surface area contributed by atoms with Crippen molar-refractivity contribution < 1.29 is 9.32 Å². The van der Waals surface area contributed by atoms with E-state index in [2.05, 4.69) is 10.5 Å². The Bertz CT molecular complexity index is 1250. The van der Waals surface area contributed by atoms with E-state index in [1.165, 1.54) is 10.7 Å². The van der Waals surface area contributed by atoms with Gasteiger partial charge >= 0.3 is 0 Å². The second-order valence-electron chi connectivity index (χ2n) is 6.48. The van der Waals surface area contributed by atoms with Gasteiger partial charge in [0, 0.05) is 23.7 Å². The molecule has 0 radical (unpaired) electrons. The van der Waals surface area contributed by atoms with Gasteiger partial charge in [-0.1, -0.05) is 47.1 Å². The molecular weight excluding hydrogens is 392 g/mol. The molecule has 0 saturated carbocycles. The van der Waals surface area contributed by atoms with Crippen LogP contribution in [0.2, 0.25) is 5.02 Å². The summed E-state index contributed by atoms with van der Waals surface area (Å²) in [5.41, 5.74) is 1.94. The number of amides is 1. The van der Waals surface area contributed by atoms with E-state index in [9.17, 15) is 9.59 Å². The van der Waals surface area contributed by atoms with Gasteiger partial charge in [0.1, 0.15) is 5.69 Å². The molecule has 2 aromatic carbocycles. The fourth-order valence-electron chi connectivity index (χ4n) is 3.05. The maximum atomic E-state index is 12.9. The first-order valence-corrected chi connectivity index (χ1v) is 9.21. The SMILES string of the molecule is Cc1c(NC(=O)c2cc(-c3cccc(Cl)c3)on2)c(=O)n(-c2ccccc2)n1C. The van der Waals surface area contributed by atoms with Crippen molar-refractivity contribution in [3.8, 4) is 17.0 Å². The monoisotopic (exact) mass is 408 g/mol. The molecular formula is C21H17ClN4O3. The Morgan fingerprint density at radius 3 is 2.59 bits per heavy atom. The van der Waals surface area contributed by atoms with Crippen LogP contribution in [0.3, 0.4) is 0 Å². The number of nitrogens with zero attached hydrogens (tertiary/aromatic N) is 3. The zero-order valence-corrected chi connectivity index (χ0v) is 16.5. The summed E-state index contributed by atoms with van der Waals surface area (Å²) in [5.74, 6) is -0.128. The minimum atomic E-state index is -0.534. The molecule has 0 spiro atoms. The number of nitrogens with one attached hydrogen (secondary N) is 1. The van der Waals surface area contributed by atoms with E-state index in [0.717, 1.165) is 0 Å². The van der Waals surface area contributed by atoms with E-state index in [-0.39, 0.29) is 16.9 Å². The van der Waals surface area contributed by atoms with Crippen molar-refractivity contribution in [2.75, 3.05) is 5.32 Å². The van der Waals surface area contributed by atoms with Crippen LogP contribution in [0, 0.1) is 6.92 Å². The zero-order chi connectivity index (χ0) is 20.5. The third-order valence-corrected chi connectivity index (χ3v) is 4.88. The van der Waals surface area contributed by atoms with Gasteiger partial charge in [0.15, 0.2) is 11.5 Å². The van der Waals surface area contributed by atoms with Crippen LogP contribution < -0.4 is 10.9 Å². The molecule has 4 aromatic rings. The lowest BCUT2D eigenvalue weighted by molar-refractivity contribution is 0.101. The van der Waals surface area contributed by atoms with Crippen molar-refractivity contribution in [2.45, 2.75) is 6.92 Å². The third kappa shape index (κ3) is 3.48. The molecule has 7 nitrogen and oxygen atoms in total. The lowest BCUT2D eigenvalue weighted by atomic mass is 10.1. The Labute approximate surface area is 171 Å². The summed E-state index contributed by atoms with van der Waals surface area (Å²) in [4.78, 5) is 25.6. The highest BCUT2D eigenvalue weighted by molar-refractivity contribution is 6.30. The second kappa shape index (κ2) is 7.44. The minimum Gasteiger partial charge on any atom is -0.355 e. The largest absolute Gasteiger partial charge is 0.355 e. The molecule has 0 aliphatic rings. The normalized spacial score (nSPS) is 10.9. The Hall–Kier alpha value is -3.58. The number of para-hydroxylation sites is 1. The predicted molar refractivity (Wildman–Crippen MR) is 111 cm³/mol. The predicted octanol–water partition coefficient (Wildman–Crippen LogP) is 4.05. The fraction of sp³-hybridized carbons (Fsp3) is 0.0952. The average molecular weight is 409 g/mol. The van der Waals surface area contributed by atoms with Crippen LogP contribution in [-0.4, -0.2) is 20.4 Å². The summed E-state index contributed by atoms with van der Waals surface area (Å²) in [6.07, 6.45) is 0. The first kappa shape index (κ1) is 18.8. The van der Waals surface area contributed by atoms with E-state index in [0.29, 0.717) is 27.7 Å². The van der Waals surface area contributed by atoms with Crippen LogP contribution in [0.25, 0.3) is 17.0 Å². The van der Waals surface area contributed by atoms with Crippen molar-refractivity contribution in [3.63, 3.8) is 0 Å². The van der Waals surface area contributed by atoms with Gasteiger partial charge in [-0.2, -0.15) is 0 Å². The Morgan fingerprint density at radius 2 is 1.86 bits per heavy atom. The van der Waals surface area contributed by atoms with Crippen molar-refractivity contribution in [1.82, 2.24) is 14.5 Å². The fourth-order valence-corrected chi connectivity index (χ4v) is 3.24. The van der Waals surface area contributed by atoms with E-state index >= 15 is 0 Å². The van der Waals surface area contributed by atoms with Crippen LogP contribution >= 0.6 is 11.6 Å². The standard InChI is InChI=1S/C21H17ClN4O3/c1-13-19(21(28)26(25(13)2)16-9-4-3-5-10-16)23-20(27)17-12-18(29-24-17)14-7-6-8-15(22)11-14/h3-12H,1-2H3,(H,23,27). The molecule has 0 fully saturated rings. The second-order valence-corrected chi connectivity index (χ2v) is 6.91. The van der Waals surface area contributed by atoms with Crippen LogP contribution in [0.5, 0.6) is 0 Å². The van der Waals surface area contributed by atoms with Gasteiger partial charge in [-0.3, -0.25) is 14.3 Å². The molecule has 0 atom stereocenters. The molecule has 2 aromatic heterocycles. The molecule has 0 saturated heterocycles. The molecule has 0 aliphatic carbocycles. The molecule has 29 heavy (non-hydrogen) atoms. The highest BCUT2D eigenvalue weighted by Crippen LogP contribution is 2.24. The average Bonchev–Trinajstić information content (AvgIpc) is 3.29. The van der Waals surface area contributed by atoms with Crippen molar-refractivity contribution >= 4 is 23.2 Å². The van der Waals surface area contributed by atoms with E-state index < -0.39 is 5.91 Å². The Morgan fingerprint density at radius 1 is 1.10 bits per heavy atom. The minimum absolute atomic E-state index is 0.0638. The van der Waals surface area contributed by atoms with Gasteiger partial charge < -0.3 is 9.84 Å². The smallest absolute Gasteiger partial charge is 0.295 e. The molecule has 0 aliphatic heterocycles. The first-order chi connectivity index (χ1) is 14.0. The van der Waals surface area contributed by atoms with Crippen molar-refractivity contribution in [2.24, 2.45) is 7.05 Å². The summed E-state index contributed by atoms with van der Waals surface area (Å²) in [6, 6.07) is 17.7. The van der Waals surface area contributed by atoms with Gasteiger partial charge in [0.25, 0.3) is 11.5 Å². The number of rotatable bonds is 4. The Kier molecular flexibility index (Phi) is 4.82. The van der Waals surface area contributed by atoms with Gasteiger partial charge in [-0.25, -0.2) is 4.68 Å². The molecule has 0 unspecified atom stereocenters. The Balaban J connectivity index is 1.64. The quantitative estimate of drug-likeness (QED) is 0.552. The molecule has 8 heteroatoms. The molecule has 2 heterocycles. The van der Waals surface area contributed by atoms with Crippen LogP contribution in [0.1, 0.15) is 16.2 Å². The van der Waals surface area contributed by atoms with Gasteiger partial charge in [0.2, 0.25) is 0 Å². The molecule has 4 rings (SSSR count). The lowest BCUT2D eigenvalue weighted by Gasteiger charge is -2.07. The van der Waals surface area contributed by atoms with Gasteiger partial charge in [-0.15, -0.1) is 0 Å². The lowest BCUT2D eigenvalue weighted by Crippen LogP contribution is -2.23. The zero-order valence-electron chi connectivity index (χ0n) is 15.7. The molecule has 1 N–H and O–H groups in total. The molecule has 0 bridgehead atoms. The van der Waals surface area contributed by atoms with E-state index in [1.807, 2.05) is 30.3 Å². The number of carbonyl (C=O) groups excluding carboxylic acids is 1. The third-order valence-electron chi connectivity index (χ3n) is 4.64. The number of anilines is 1. The van der Waals surface area contributed by atoms with Crippen LogP contribution in [-0.2, 0) is 7.05 Å². The summed E-state index contributed by atoms with van der Waals surface area (Å²) >= 11 is 5.99. The number of hydrogen-bond donors (Lipinski definition) is 1. The number of aromatic nitrogens is 3. The maximum absolute atomic E-state index is 12.9. The number of halogens is 1. The molecule has 1 amide bonds. The van der Waals surface area contributed by atoms with E-state index in [1.54, 1.807) is 42.9 Å². The number of carbonyl (C=O) groups is 1. The first-order valence-electron chi connectivity index (χ1n) is 8.83. The van der Waals surface area contributed by atoms with E-state index in [4.69, 9.17) is 16.1 Å². The van der Waals surface area contributed by atoms with Gasteiger partial charge in [-0.05, 0) is 31.2 Å². The summed E-state index contributed by atoms with van der Waals surface area (Å²) < 4.78 is 8.44. The topological polar surface area (TPSA) is 82.1 Å². The van der Waals surface area contributed by atoms with Crippen LogP contribution in [0.15, 0.2) is 70.0 Å². The van der Waals surface area contributed by atoms with Crippen molar-refractivity contribution in [3.05, 3.63) is 87.4 Å². The van der Waals surface area contributed by atoms with Gasteiger partial charge in [0.05, 0.1) is 11.4 Å². The highest BCUT2D eigenvalue weighted by Gasteiger charge is 2.21. The maximum Gasteiger partial charge on any atom is 0.295 e. The summed E-state index contributed by atoms with van der Waals surface area (Å²) in [7, 11) is 1.76. The number of hydrogen-bond acceptors (Lipinski definition) is 4. The number of benzene rings is 2. The molecule has 146 valence electrons. The van der Waals surface area contributed by atoms with Crippen molar-refractivity contribution in [1.29, 1.82) is 0 Å². The van der Waals surface area contributed by atoms with Crippen LogP contribution in [0.4, 0.5) is 5.69 Å².